The third-order valence-electron chi connectivity index (χ3n) is 8.07. The van der Waals surface area contributed by atoms with Crippen molar-refractivity contribution in [3.8, 4) is 28.3 Å². The van der Waals surface area contributed by atoms with Gasteiger partial charge in [0.15, 0.2) is 0 Å². The van der Waals surface area contributed by atoms with Crippen LogP contribution in [0.2, 0.25) is 0 Å². The number of carbonyl (C=O) groups excluding carboxylic acids is 1. The molecule has 4 aromatic carbocycles. The van der Waals surface area contributed by atoms with Gasteiger partial charge in [-0.1, -0.05) is 18.2 Å². The molecule has 16 heteroatoms. The summed E-state index contributed by atoms with van der Waals surface area (Å²) >= 11 is 0. The van der Waals surface area contributed by atoms with Crippen molar-refractivity contribution in [1.82, 2.24) is 25.1 Å². The number of rotatable bonds is 12. The van der Waals surface area contributed by atoms with Crippen molar-refractivity contribution < 1.29 is 41.4 Å². The summed E-state index contributed by atoms with van der Waals surface area (Å²) in [7, 11) is -0.398. The van der Waals surface area contributed by atoms with Gasteiger partial charge in [0.05, 0.1) is 36.8 Å². The minimum absolute atomic E-state index is 0.0505. The number of carboxylic acids is 1. The molecule has 0 saturated carbocycles. The van der Waals surface area contributed by atoms with Crippen LogP contribution in [-0.2, 0) is 22.1 Å². The van der Waals surface area contributed by atoms with Crippen molar-refractivity contribution in [2.75, 3.05) is 18.5 Å². The SMILES string of the molecule is COc1cccc(OC)c1-c1ccc(C[C@H](NC(=O)c2c(F)cc(N(c3ccc(-n4cncn4)cc3)[SH](=O)=O)cc2F)C(=O)O)c2ccncc12. The lowest BCUT2D eigenvalue weighted by Gasteiger charge is -2.20. The zero-order chi connectivity index (χ0) is 36.2. The average molecular weight is 715 g/mol. The lowest BCUT2D eigenvalue weighted by Crippen LogP contribution is -2.43. The first-order chi connectivity index (χ1) is 24.6. The second-order valence-corrected chi connectivity index (χ2v) is 11.9. The fourth-order valence-electron chi connectivity index (χ4n) is 5.74. The Bertz CT molecular complexity index is 2280. The minimum Gasteiger partial charge on any atom is -0.496 e. The molecular weight excluding hydrogens is 686 g/mol. The Morgan fingerprint density at radius 1 is 0.922 bits per heavy atom. The molecule has 51 heavy (non-hydrogen) atoms. The predicted molar refractivity (Wildman–Crippen MR) is 183 cm³/mol. The summed E-state index contributed by atoms with van der Waals surface area (Å²) in [5.74, 6) is -4.55. The van der Waals surface area contributed by atoms with E-state index >= 15 is 8.78 Å². The van der Waals surface area contributed by atoms with E-state index in [-0.39, 0.29) is 12.1 Å². The number of anilines is 2. The molecule has 1 atom stereocenters. The highest BCUT2D eigenvalue weighted by atomic mass is 32.2. The van der Waals surface area contributed by atoms with Crippen LogP contribution >= 0.6 is 0 Å². The van der Waals surface area contributed by atoms with E-state index in [0.29, 0.717) is 61.1 Å². The molecule has 1 amide bonds. The molecule has 2 N–H and O–H groups in total. The lowest BCUT2D eigenvalue weighted by molar-refractivity contribution is -0.139. The third kappa shape index (κ3) is 6.89. The Kier molecular flexibility index (Phi) is 9.86. The van der Waals surface area contributed by atoms with Crippen molar-refractivity contribution in [3.05, 3.63) is 121 Å². The second-order valence-electron chi connectivity index (χ2n) is 11.0. The quantitative estimate of drug-likeness (QED) is 0.149. The van der Waals surface area contributed by atoms with Gasteiger partial charge in [0, 0.05) is 24.2 Å². The Balaban J connectivity index is 1.28. The van der Waals surface area contributed by atoms with E-state index in [1.54, 1.807) is 42.6 Å². The van der Waals surface area contributed by atoms with E-state index in [1.165, 1.54) is 62.0 Å². The summed E-state index contributed by atoms with van der Waals surface area (Å²) in [6.45, 7) is 0. The van der Waals surface area contributed by atoms with Gasteiger partial charge in [-0.3, -0.25) is 9.78 Å². The molecule has 260 valence electrons. The van der Waals surface area contributed by atoms with Crippen molar-refractivity contribution in [3.63, 3.8) is 0 Å². The first-order valence-electron chi connectivity index (χ1n) is 15.1. The van der Waals surface area contributed by atoms with Crippen LogP contribution in [0.5, 0.6) is 11.5 Å². The molecule has 0 saturated heterocycles. The predicted octanol–water partition coefficient (Wildman–Crippen LogP) is 4.87. The number of methoxy groups -OCH3 is 2. The number of pyridine rings is 1. The maximum Gasteiger partial charge on any atom is 0.326 e. The van der Waals surface area contributed by atoms with E-state index < -0.39 is 51.7 Å². The summed E-state index contributed by atoms with van der Waals surface area (Å²) < 4.78 is 68.6. The number of benzene rings is 4. The van der Waals surface area contributed by atoms with Crippen LogP contribution in [0.4, 0.5) is 20.2 Å². The van der Waals surface area contributed by atoms with Gasteiger partial charge in [-0.05, 0) is 71.1 Å². The highest BCUT2D eigenvalue weighted by Crippen LogP contribution is 2.42. The lowest BCUT2D eigenvalue weighted by atomic mass is 9.92. The number of ether oxygens (including phenoxy) is 2. The number of carbonyl (C=O) groups is 2. The number of halogens is 2. The highest BCUT2D eigenvalue weighted by Gasteiger charge is 2.28. The van der Waals surface area contributed by atoms with Gasteiger partial charge in [0.25, 0.3) is 5.91 Å². The molecule has 0 spiro atoms. The van der Waals surface area contributed by atoms with Gasteiger partial charge >= 0.3 is 5.97 Å². The molecule has 0 aliphatic rings. The van der Waals surface area contributed by atoms with Crippen LogP contribution in [0.1, 0.15) is 15.9 Å². The van der Waals surface area contributed by atoms with Gasteiger partial charge < -0.3 is 19.9 Å². The van der Waals surface area contributed by atoms with E-state index in [2.05, 4.69) is 20.4 Å². The van der Waals surface area contributed by atoms with Crippen LogP contribution in [0, 0.1) is 11.6 Å². The number of thiol groups is 1. The zero-order valence-corrected chi connectivity index (χ0v) is 27.8. The zero-order valence-electron chi connectivity index (χ0n) is 26.9. The minimum atomic E-state index is -3.44. The number of aromatic nitrogens is 4. The Labute approximate surface area is 290 Å². The largest absolute Gasteiger partial charge is 0.496 e. The average Bonchev–Trinajstić information content (AvgIpc) is 3.66. The van der Waals surface area contributed by atoms with Crippen LogP contribution in [0.25, 0.3) is 27.6 Å². The van der Waals surface area contributed by atoms with Crippen molar-refractivity contribution in [1.29, 1.82) is 0 Å². The number of hydrogen-bond donors (Lipinski definition) is 3. The van der Waals surface area contributed by atoms with E-state index in [4.69, 9.17) is 9.47 Å². The summed E-state index contributed by atoms with van der Waals surface area (Å²) in [5, 5.41) is 17.5. The molecule has 2 aromatic heterocycles. The third-order valence-corrected chi connectivity index (χ3v) is 8.86. The number of fused-ring (bicyclic) bond motifs is 1. The first-order valence-corrected chi connectivity index (χ1v) is 16.2. The van der Waals surface area contributed by atoms with Crippen LogP contribution in [-0.4, -0.2) is 65.4 Å². The molecule has 0 aliphatic carbocycles. The van der Waals surface area contributed by atoms with Crippen LogP contribution < -0.4 is 19.1 Å². The molecule has 2 heterocycles. The molecule has 0 fully saturated rings. The van der Waals surface area contributed by atoms with Gasteiger partial charge in [0.2, 0.25) is 10.9 Å². The standard InChI is InChI=1S/C35H28F2N6O7S/c1-49-30-4-3-5-31(50-2)32(30)25-11-6-20(24-12-13-38-17-26(24)25)14-29(35(45)46)41-34(44)33-27(36)15-23(16-28(33)37)43(51(47)48)22-9-7-21(8-10-22)42-19-39-18-40-42/h3-13,15-19,29,51H,14H2,1-2H3,(H,41,44)(H,45,46)/t29-/m0/s1. The smallest absolute Gasteiger partial charge is 0.326 e. The number of carboxylic acid groups (broad SMARTS) is 1. The number of hydrogen-bond acceptors (Lipinski definition) is 9. The fraction of sp³-hybridized carbons (Fsp3) is 0.114. The fourth-order valence-corrected chi connectivity index (χ4v) is 6.37. The first kappa shape index (κ1) is 34.4. The van der Waals surface area contributed by atoms with Crippen molar-refractivity contribution in [2.24, 2.45) is 0 Å². The van der Waals surface area contributed by atoms with Crippen molar-refractivity contribution in [2.45, 2.75) is 12.5 Å². The van der Waals surface area contributed by atoms with Gasteiger partial charge in [0.1, 0.15) is 47.4 Å². The molecule has 6 aromatic rings. The highest BCUT2D eigenvalue weighted by molar-refractivity contribution is 7.74. The normalized spacial score (nSPS) is 11.7. The van der Waals surface area contributed by atoms with Gasteiger partial charge in [-0.2, -0.15) is 5.10 Å². The topological polar surface area (TPSA) is 166 Å². The molecule has 0 bridgehead atoms. The molecule has 6 rings (SSSR count). The summed E-state index contributed by atoms with van der Waals surface area (Å²) in [6.07, 6.45) is 5.61. The molecule has 0 radical (unpaired) electrons. The number of nitrogens with zero attached hydrogens (tertiary/aromatic N) is 5. The van der Waals surface area contributed by atoms with Gasteiger partial charge in [-0.15, -0.1) is 0 Å². The Morgan fingerprint density at radius 3 is 2.20 bits per heavy atom. The molecule has 0 aliphatic heterocycles. The van der Waals surface area contributed by atoms with E-state index in [9.17, 15) is 23.1 Å². The second kappa shape index (κ2) is 14.6. The van der Waals surface area contributed by atoms with E-state index in [1.807, 2.05) is 0 Å². The molecule has 0 unspecified atom stereocenters. The summed E-state index contributed by atoms with van der Waals surface area (Å²) in [5.41, 5.74) is 0.929. The summed E-state index contributed by atoms with van der Waals surface area (Å²) in [6, 6.07) is 16.0. The summed E-state index contributed by atoms with van der Waals surface area (Å²) in [4.78, 5) is 33.7. The maximum absolute atomic E-state index is 15.4. The van der Waals surface area contributed by atoms with Crippen LogP contribution in [0.15, 0.2) is 97.8 Å². The Morgan fingerprint density at radius 2 is 1.61 bits per heavy atom. The maximum atomic E-state index is 15.4. The van der Waals surface area contributed by atoms with E-state index in [0.717, 1.165) is 0 Å². The monoisotopic (exact) mass is 714 g/mol. The molecular formula is C35H28F2N6O7S. The number of amides is 1. The van der Waals surface area contributed by atoms with Crippen LogP contribution in [0.3, 0.4) is 0 Å². The Hall–Kier alpha value is -6.42. The molecule has 13 nitrogen and oxygen atoms in total. The van der Waals surface area contributed by atoms with Crippen molar-refractivity contribution >= 4 is 44.9 Å². The number of nitrogens with one attached hydrogen (secondary N) is 1. The number of aliphatic carboxylic acids is 1. The van der Waals surface area contributed by atoms with Gasteiger partial charge in [-0.25, -0.2) is 36.0 Å².